The van der Waals surface area contributed by atoms with Crippen LogP contribution in [-0.2, 0) is 18.0 Å². The van der Waals surface area contributed by atoms with Gasteiger partial charge in [0.2, 0.25) is 0 Å². The number of carbonyl (C=O) groups is 1. The highest BCUT2D eigenvalue weighted by atomic mass is 32.1. The molecule has 5 rings (SSSR count). The van der Waals surface area contributed by atoms with Crippen molar-refractivity contribution in [2.75, 3.05) is 9.80 Å². The Morgan fingerprint density at radius 3 is 2.50 bits per heavy atom. The minimum atomic E-state index is -4.80. The summed E-state index contributed by atoms with van der Waals surface area (Å²) in [4.78, 5) is 24.3. The molecule has 0 N–H and O–H groups in total. The summed E-state index contributed by atoms with van der Waals surface area (Å²) in [5.74, 6) is -0.417. The molecule has 0 bridgehead atoms. The Morgan fingerprint density at radius 1 is 1.16 bits per heavy atom. The number of pyridine rings is 2. The van der Waals surface area contributed by atoms with Crippen molar-refractivity contribution >= 4 is 45.6 Å². The molecule has 1 spiro atoms. The van der Waals surface area contributed by atoms with Crippen LogP contribution in [0.3, 0.4) is 0 Å². The second-order valence-electron chi connectivity index (χ2n) is 7.72. The van der Waals surface area contributed by atoms with Gasteiger partial charge in [-0.05, 0) is 43.6 Å². The Morgan fingerprint density at radius 2 is 1.88 bits per heavy atom. The molecule has 0 radical (unpaired) electrons. The van der Waals surface area contributed by atoms with Crippen LogP contribution >= 0.6 is 12.2 Å². The van der Waals surface area contributed by atoms with E-state index in [0.29, 0.717) is 24.2 Å². The van der Waals surface area contributed by atoms with Gasteiger partial charge in [-0.15, -0.1) is 0 Å². The van der Waals surface area contributed by atoms with Crippen molar-refractivity contribution in [2.45, 2.75) is 31.0 Å². The first-order valence-electron chi connectivity index (χ1n) is 9.61. The second kappa shape index (κ2) is 6.70. The molecule has 1 aliphatic heterocycles. The maximum atomic E-state index is 13.5. The van der Waals surface area contributed by atoms with E-state index >= 15 is 0 Å². The second-order valence-corrected chi connectivity index (χ2v) is 8.08. The number of nitrogens with zero attached hydrogens (tertiary/aromatic N) is 7. The number of carbonyl (C=O) groups excluding carboxylic acids is 1. The van der Waals surface area contributed by atoms with Crippen molar-refractivity contribution < 1.29 is 18.0 Å². The summed E-state index contributed by atoms with van der Waals surface area (Å²) in [7, 11) is 1.75. The van der Waals surface area contributed by atoms with Gasteiger partial charge in [0.05, 0.1) is 35.5 Å². The number of nitriles is 1. The minimum Gasteiger partial charge on any atom is -0.301 e. The van der Waals surface area contributed by atoms with Gasteiger partial charge in [-0.3, -0.25) is 14.4 Å². The SMILES string of the molecule is Cn1ncc2cc(N3C(=S)N(c4cnc(C#N)c(C(F)(F)F)c4)C(=O)C34CCC4)cnc21. The van der Waals surface area contributed by atoms with E-state index in [1.54, 1.807) is 35.1 Å². The topological polar surface area (TPSA) is 90.9 Å². The first kappa shape index (κ1) is 20.3. The minimum absolute atomic E-state index is 0.0411. The fourth-order valence-electron chi connectivity index (χ4n) is 4.24. The molecule has 3 aromatic heterocycles. The molecule has 1 saturated carbocycles. The lowest BCUT2D eigenvalue weighted by atomic mass is 9.75. The maximum Gasteiger partial charge on any atom is 0.419 e. The zero-order chi connectivity index (χ0) is 22.8. The van der Waals surface area contributed by atoms with Crippen LogP contribution < -0.4 is 9.80 Å². The molecule has 8 nitrogen and oxygen atoms in total. The van der Waals surface area contributed by atoms with Gasteiger partial charge in [-0.2, -0.15) is 23.5 Å². The zero-order valence-electron chi connectivity index (χ0n) is 16.6. The van der Waals surface area contributed by atoms with Crippen LogP contribution in [0.1, 0.15) is 30.5 Å². The Balaban J connectivity index is 1.62. The Kier molecular flexibility index (Phi) is 4.26. The quantitative estimate of drug-likeness (QED) is 0.545. The lowest BCUT2D eigenvalue weighted by Gasteiger charge is -2.42. The zero-order valence-corrected chi connectivity index (χ0v) is 17.4. The van der Waals surface area contributed by atoms with Gasteiger partial charge in [0.25, 0.3) is 5.91 Å². The molecule has 0 atom stereocenters. The highest BCUT2D eigenvalue weighted by molar-refractivity contribution is 7.81. The number of fused-ring (bicyclic) bond motifs is 1. The molecule has 1 amide bonds. The van der Waals surface area contributed by atoms with E-state index in [2.05, 4.69) is 15.1 Å². The van der Waals surface area contributed by atoms with Gasteiger partial charge in [-0.1, -0.05) is 0 Å². The summed E-state index contributed by atoms with van der Waals surface area (Å²) in [5.41, 5.74) is -1.89. The molecular formula is C20H14F3N7OS. The molecular weight excluding hydrogens is 443 g/mol. The van der Waals surface area contributed by atoms with E-state index < -0.39 is 28.9 Å². The molecule has 32 heavy (non-hydrogen) atoms. The Labute approximate surface area is 184 Å². The van der Waals surface area contributed by atoms with Crippen LogP contribution in [0.25, 0.3) is 11.0 Å². The van der Waals surface area contributed by atoms with Crippen molar-refractivity contribution in [3.05, 3.63) is 42.0 Å². The van der Waals surface area contributed by atoms with E-state index in [4.69, 9.17) is 17.5 Å². The summed E-state index contributed by atoms with van der Waals surface area (Å²) in [6, 6.07) is 3.99. The molecule has 4 heterocycles. The molecule has 0 unspecified atom stereocenters. The third-order valence-electron chi connectivity index (χ3n) is 5.95. The van der Waals surface area contributed by atoms with Gasteiger partial charge >= 0.3 is 6.18 Å². The average Bonchev–Trinajstić information content (AvgIpc) is 3.20. The van der Waals surface area contributed by atoms with Gasteiger partial charge in [0.15, 0.2) is 16.5 Å². The number of aromatic nitrogens is 4. The number of aryl methyl sites for hydroxylation is 1. The van der Waals surface area contributed by atoms with E-state index in [9.17, 15) is 18.0 Å². The normalized spacial score (nSPS) is 17.8. The predicted octanol–water partition coefficient (Wildman–Crippen LogP) is 3.31. The maximum absolute atomic E-state index is 13.5. The van der Waals surface area contributed by atoms with E-state index in [-0.39, 0.29) is 10.8 Å². The summed E-state index contributed by atoms with van der Waals surface area (Å²) in [5, 5.41) is 14.0. The largest absolute Gasteiger partial charge is 0.419 e. The third kappa shape index (κ3) is 2.70. The van der Waals surface area contributed by atoms with Crippen molar-refractivity contribution in [3.63, 3.8) is 0 Å². The van der Waals surface area contributed by atoms with Gasteiger partial charge in [0, 0.05) is 12.4 Å². The first-order valence-corrected chi connectivity index (χ1v) is 10.0. The van der Waals surface area contributed by atoms with Crippen molar-refractivity contribution in [1.82, 2.24) is 19.7 Å². The van der Waals surface area contributed by atoms with Crippen LogP contribution in [-0.4, -0.2) is 36.3 Å². The number of amides is 1. The molecule has 162 valence electrons. The molecule has 1 saturated heterocycles. The third-order valence-corrected chi connectivity index (χ3v) is 6.32. The number of hydrogen-bond donors (Lipinski definition) is 0. The average molecular weight is 457 g/mol. The number of anilines is 2. The van der Waals surface area contributed by atoms with Gasteiger partial charge in [0.1, 0.15) is 11.6 Å². The molecule has 0 aromatic carbocycles. The van der Waals surface area contributed by atoms with E-state index in [1.165, 1.54) is 6.07 Å². The number of hydrogen-bond acceptors (Lipinski definition) is 6. The summed E-state index contributed by atoms with van der Waals surface area (Å²) in [6.45, 7) is 0. The summed E-state index contributed by atoms with van der Waals surface area (Å²) in [6.07, 6.45) is 1.26. The summed E-state index contributed by atoms with van der Waals surface area (Å²) >= 11 is 5.59. The van der Waals surface area contributed by atoms with Crippen molar-refractivity contribution in [1.29, 1.82) is 5.26 Å². The predicted molar refractivity (Wildman–Crippen MR) is 112 cm³/mol. The molecule has 2 fully saturated rings. The molecule has 3 aromatic rings. The van der Waals surface area contributed by atoms with Crippen LogP contribution in [0.2, 0.25) is 0 Å². The van der Waals surface area contributed by atoms with Crippen LogP contribution in [0, 0.1) is 11.3 Å². The Bertz CT molecular complexity index is 1340. The number of thiocarbonyl (C=S) groups is 1. The highest BCUT2D eigenvalue weighted by Crippen LogP contribution is 2.48. The standard InChI is InChI=1S/C20H14F3N7OS/c1-28-16-11(8-27-28)5-13(10-26-16)30-18(32)29(17(31)19(30)3-2-4-19)12-6-14(20(21,22)23)15(7-24)25-9-12/h5-6,8-10H,2-4H2,1H3. The lowest BCUT2D eigenvalue weighted by Crippen LogP contribution is -2.55. The smallest absolute Gasteiger partial charge is 0.301 e. The highest BCUT2D eigenvalue weighted by Gasteiger charge is 2.60. The summed E-state index contributed by atoms with van der Waals surface area (Å²) < 4.78 is 42.0. The monoisotopic (exact) mass is 457 g/mol. The van der Waals surface area contributed by atoms with Crippen LogP contribution in [0.5, 0.6) is 0 Å². The Hall–Kier alpha value is -3.59. The van der Waals surface area contributed by atoms with Crippen molar-refractivity contribution in [2.24, 2.45) is 7.05 Å². The lowest BCUT2D eigenvalue weighted by molar-refractivity contribution is -0.138. The van der Waals surface area contributed by atoms with Crippen LogP contribution in [0.15, 0.2) is 30.7 Å². The fourth-order valence-corrected chi connectivity index (χ4v) is 4.71. The molecule has 2 aliphatic rings. The number of halogens is 3. The number of rotatable bonds is 2. The van der Waals surface area contributed by atoms with E-state index in [0.717, 1.165) is 29.0 Å². The van der Waals surface area contributed by atoms with E-state index in [1.807, 2.05) is 0 Å². The molecule has 1 aliphatic carbocycles. The molecule has 12 heteroatoms. The van der Waals surface area contributed by atoms with Crippen molar-refractivity contribution in [3.8, 4) is 6.07 Å². The van der Waals surface area contributed by atoms with Crippen LogP contribution in [0.4, 0.5) is 24.5 Å². The fraction of sp³-hybridized carbons (Fsp3) is 0.300. The van der Waals surface area contributed by atoms with Gasteiger partial charge < -0.3 is 4.90 Å². The number of alkyl halides is 3. The first-order chi connectivity index (χ1) is 15.2. The van der Waals surface area contributed by atoms with Gasteiger partial charge in [-0.25, -0.2) is 9.97 Å².